The van der Waals surface area contributed by atoms with Gasteiger partial charge in [0.25, 0.3) is 0 Å². The molecule has 0 amide bonds. The van der Waals surface area contributed by atoms with Gasteiger partial charge in [-0.2, -0.15) is 0 Å². The zero-order valence-corrected chi connectivity index (χ0v) is 18.1. The van der Waals surface area contributed by atoms with Crippen molar-refractivity contribution in [2.24, 2.45) is 0 Å². The Kier molecular flexibility index (Phi) is 9.69. The summed E-state index contributed by atoms with van der Waals surface area (Å²) in [5, 5.41) is 9.34. The van der Waals surface area contributed by atoms with E-state index >= 15 is 0 Å². The zero-order chi connectivity index (χ0) is 20.5. The average Bonchev–Trinajstić information content (AvgIpc) is 3.60. The summed E-state index contributed by atoms with van der Waals surface area (Å²) in [6.45, 7) is 0. The van der Waals surface area contributed by atoms with Crippen LogP contribution in [0.5, 0.6) is 0 Å². The van der Waals surface area contributed by atoms with E-state index in [1.165, 1.54) is 12.8 Å². The number of hydrogen-bond acceptors (Lipinski definition) is 4. The number of hydrogen-bond donors (Lipinski definition) is 1. The summed E-state index contributed by atoms with van der Waals surface area (Å²) in [6, 6.07) is 10.5. The molecule has 0 saturated heterocycles. The van der Waals surface area contributed by atoms with Crippen molar-refractivity contribution < 1.29 is 19.3 Å². The summed E-state index contributed by atoms with van der Waals surface area (Å²) >= 11 is 14.8. The van der Waals surface area contributed by atoms with E-state index in [2.05, 4.69) is 20.6 Å². The Labute approximate surface area is 183 Å². The standard InChI is InChI=1S/C10H9ClO.C7H4BrClO.C3H6BO2/c11-10-4-1-7(6-12)5-9(10)8-2-3-8;8-6-3-5(4-10)1-2-7(6)9;5-4-6-3-1-2-3/h1,4-6,8H,2-3H2;1-4H;3,5H,1-2H2. The summed E-state index contributed by atoms with van der Waals surface area (Å²) < 4.78 is 5.33. The molecule has 2 aromatic rings. The van der Waals surface area contributed by atoms with Crippen LogP contribution in [0.2, 0.25) is 10.0 Å². The fourth-order valence-electron chi connectivity index (χ4n) is 2.22. The highest BCUT2D eigenvalue weighted by Gasteiger charge is 2.25. The van der Waals surface area contributed by atoms with Gasteiger partial charge in [-0.05, 0) is 77.4 Å². The van der Waals surface area contributed by atoms with Crippen molar-refractivity contribution in [2.45, 2.75) is 37.7 Å². The van der Waals surface area contributed by atoms with Crippen LogP contribution in [0.3, 0.4) is 0 Å². The lowest BCUT2D eigenvalue weighted by molar-refractivity contribution is 0.111. The lowest BCUT2D eigenvalue weighted by atomic mass is 10.1. The van der Waals surface area contributed by atoms with Gasteiger partial charge in [-0.15, -0.1) is 0 Å². The predicted octanol–water partition coefficient (Wildman–Crippen LogP) is 5.64. The smallest absolute Gasteiger partial charge is 0.429 e. The number of halogens is 3. The van der Waals surface area contributed by atoms with Gasteiger partial charge >= 0.3 is 7.69 Å². The lowest BCUT2D eigenvalue weighted by Crippen LogP contribution is -1.97. The third kappa shape index (κ3) is 8.06. The first-order valence-corrected chi connectivity index (χ1v) is 10.3. The maximum absolute atomic E-state index is 10.5. The number of benzene rings is 2. The normalized spacial score (nSPS) is 14.7. The zero-order valence-electron chi connectivity index (χ0n) is 15.0. The van der Waals surface area contributed by atoms with E-state index in [0.29, 0.717) is 22.6 Å². The maximum atomic E-state index is 10.5. The van der Waals surface area contributed by atoms with Gasteiger partial charge in [0.05, 0.1) is 5.02 Å². The molecule has 0 heterocycles. The molecule has 4 nitrogen and oxygen atoms in total. The van der Waals surface area contributed by atoms with Crippen molar-refractivity contribution in [3.63, 3.8) is 0 Å². The molecule has 0 aliphatic heterocycles. The molecule has 0 spiro atoms. The van der Waals surface area contributed by atoms with Crippen molar-refractivity contribution in [3.8, 4) is 0 Å². The molecule has 1 radical (unpaired) electrons. The van der Waals surface area contributed by atoms with E-state index in [1.54, 1.807) is 30.3 Å². The monoisotopic (exact) mass is 483 g/mol. The van der Waals surface area contributed by atoms with E-state index in [1.807, 2.05) is 6.07 Å². The molecule has 2 aliphatic rings. The molecule has 0 unspecified atom stereocenters. The topological polar surface area (TPSA) is 63.6 Å². The summed E-state index contributed by atoms with van der Waals surface area (Å²) in [5.74, 6) is 0.609. The SMILES string of the molecule is O=Cc1ccc(Cl)c(Br)c1.O=Cc1ccc(Cl)c(C2CC2)c1.O[B]OC1CC1. The minimum atomic E-state index is 0.343. The maximum Gasteiger partial charge on any atom is 0.485 e. The first-order chi connectivity index (χ1) is 13.5. The molecule has 1 N–H and O–H groups in total. The minimum Gasteiger partial charge on any atom is -0.429 e. The van der Waals surface area contributed by atoms with Gasteiger partial charge in [0.1, 0.15) is 12.6 Å². The second kappa shape index (κ2) is 11.7. The molecule has 2 aromatic carbocycles. The van der Waals surface area contributed by atoms with Crippen LogP contribution in [0, 0.1) is 0 Å². The number of carbonyl (C=O) groups is 2. The van der Waals surface area contributed by atoms with Crippen molar-refractivity contribution in [1.29, 1.82) is 0 Å². The van der Waals surface area contributed by atoms with Crippen LogP contribution >= 0.6 is 39.1 Å². The van der Waals surface area contributed by atoms with E-state index in [9.17, 15) is 9.59 Å². The Balaban J connectivity index is 0.000000159. The summed E-state index contributed by atoms with van der Waals surface area (Å²) in [7, 11) is 0.762. The van der Waals surface area contributed by atoms with Crippen LogP contribution in [0.25, 0.3) is 0 Å². The van der Waals surface area contributed by atoms with Crippen molar-refractivity contribution in [3.05, 3.63) is 67.6 Å². The molecular weight excluding hydrogens is 466 g/mol. The average molecular weight is 485 g/mol. The second-order valence-electron chi connectivity index (χ2n) is 6.41. The molecule has 8 heteroatoms. The molecule has 0 atom stereocenters. The van der Waals surface area contributed by atoms with E-state index in [-0.39, 0.29) is 0 Å². The summed E-state index contributed by atoms with van der Waals surface area (Å²) in [4.78, 5) is 20.7. The first kappa shape index (κ1) is 23.1. The van der Waals surface area contributed by atoms with Crippen LogP contribution in [-0.2, 0) is 4.65 Å². The highest BCUT2D eigenvalue weighted by Crippen LogP contribution is 2.43. The van der Waals surface area contributed by atoms with Gasteiger partial charge in [-0.3, -0.25) is 9.59 Å². The summed E-state index contributed by atoms with van der Waals surface area (Å²) in [6.07, 6.45) is 6.62. The lowest BCUT2D eigenvalue weighted by Gasteiger charge is -2.01. The van der Waals surface area contributed by atoms with Gasteiger partial charge in [0, 0.05) is 26.7 Å². The minimum absolute atomic E-state index is 0.343. The highest BCUT2D eigenvalue weighted by molar-refractivity contribution is 9.10. The van der Waals surface area contributed by atoms with Gasteiger partial charge in [0.15, 0.2) is 0 Å². The predicted molar refractivity (Wildman–Crippen MR) is 115 cm³/mol. The van der Waals surface area contributed by atoms with Crippen molar-refractivity contribution in [2.75, 3.05) is 0 Å². The molecule has 147 valence electrons. The fourth-order valence-corrected chi connectivity index (χ4v) is 3.00. The summed E-state index contributed by atoms with van der Waals surface area (Å²) in [5.41, 5.74) is 2.49. The Morgan fingerprint density at radius 1 is 0.964 bits per heavy atom. The fraction of sp³-hybridized carbons (Fsp3) is 0.300. The second-order valence-corrected chi connectivity index (χ2v) is 8.07. The molecule has 0 bridgehead atoms. The van der Waals surface area contributed by atoms with Crippen LogP contribution in [0.1, 0.15) is 57.9 Å². The molecular formula is C20H19BBrCl2O4. The molecule has 2 fully saturated rings. The third-order valence-electron chi connectivity index (χ3n) is 4.03. The molecule has 0 aromatic heterocycles. The van der Waals surface area contributed by atoms with Crippen LogP contribution in [0.15, 0.2) is 40.9 Å². The quantitative estimate of drug-likeness (QED) is 0.441. The Bertz CT molecular complexity index is 811. The molecule has 28 heavy (non-hydrogen) atoms. The largest absolute Gasteiger partial charge is 0.485 e. The highest BCUT2D eigenvalue weighted by atomic mass is 79.9. The van der Waals surface area contributed by atoms with Crippen LogP contribution in [-0.4, -0.2) is 31.4 Å². The number of rotatable bonds is 5. The first-order valence-electron chi connectivity index (χ1n) is 8.74. The third-order valence-corrected chi connectivity index (χ3v) is 5.59. The Morgan fingerprint density at radius 2 is 1.54 bits per heavy atom. The number of carbonyl (C=O) groups excluding carboxylic acids is 2. The van der Waals surface area contributed by atoms with E-state index in [4.69, 9.17) is 28.2 Å². The van der Waals surface area contributed by atoms with Gasteiger partial charge in [-0.25, -0.2) is 0 Å². The van der Waals surface area contributed by atoms with Crippen molar-refractivity contribution >= 4 is 59.4 Å². The van der Waals surface area contributed by atoms with Crippen molar-refractivity contribution in [1.82, 2.24) is 0 Å². The number of aldehydes is 2. The Hall–Kier alpha value is -1.18. The molecule has 4 rings (SSSR count). The Morgan fingerprint density at radius 3 is 1.96 bits per heavy atom. The van der Waals surface area contributed by atoms with Gasteiger partial charge in [-0.1, -0.05) is 35.3 Å². The van der Waals surface area contributed by atoms with Crippen LogP contribution in [0.4, 0.5) is 0 Å². The van der Waals surface area contributed by atoms with E-state index in [0.717, 1.165) is 53.7 Å². The molecule has 2 saturated carbocycles. The van der Waals surface area contributed by atoms with Gasteiger partial charge < -0.3 is 9.68 Å². The van der Waals surface area contributed by atoms with Gasteiger partial charge in [0.2, 0.25) is 0 Å². The molecule has 2 aliphatic carbocycles. The van der Waals surface area contributed by atoms with Crippen LogP contribution < -0.4 is 0 Å². The van der Waals surface area contributed by atoms with E-state index < -0.39 is 0 Å².